The number of likely N-dealkylation sites (tertiary alicyclic amines) is 1. The van der Waals surface area contributed by atoms with Crippen LogP contribution in [0.15, 0.2) is 0 Å². The van der Waals surface area contributed by atoms with Crippen molar-refractivity contribution in [3.8, 4) is 0 Å². The lowest BCUT2D eigenvalue weighted by Gasteiger charge is -2.36. The molecule has 0 aliphatic carbocycles. The van der Waals surface area contributed by atoms with Crippen molar-refractivity contribution in [3.63, 3.8) is 0 Å². The SMILES string of the molecule is CCCC(C)(C=O)CN1CCC(OCCO)CC1. The summed E-state index contributed by atoms with van der Waals surface area (Å²) in [6.07, 6.45) is 5.40. The Hall–Kier alpha value is -0.450. The lowest BCUT2D eigenvalue weighted by Crippen LogP contribution is -2.43. The summed E-state index contributed by atoms with van der Waals surface area (Å²) in [5.74, 6) is 0. The first-order valence-corrected chi connectivity index (χ1v) is 7.04. The highest BCUT2D eigenvalue weighted by Gasteiger charge is 2.28. The molecule has 4 nitrogen and oxygen atoms in total. The van der Waals surface area contributed by atoms with Gasteiger partial charge in [0.2, 0.25) is 0 Å². The molecule has 0 saturated carbocycles. The minimum atomic E-state index is -0.201. The highest BCUT2D eigenvalue weighted by molar-refractivity contribution is 5.59. The molecular formula is C14H27NO3. The minimum Gasteiger partial charge on any atom is -0.394 e. The first-order chi connectivity index (χ1) is 8.63. The van der Waals surface area contributed by atoms with Crippen LogP contribution in [0.25, 0.3) is 0 Å². The van der Waals surface area contributed by atoms with E-state index >= 15 is 0 Å². The average Bonchev–Trinajstić information content (AvgIpc) is 2.38. The van der Waals surface area contributed by atoms with Crippen LogP contribution in [0.3, 0.4) is 0 Å². The Morgan fingerprint density at radius 3 is 2.61 bits per heavy atom. The summed E-state index contributed by atoms with van der Waals surface area (Å²) < 4.78 is 5.54. The molecule has 0 aromatic heterocycles. The lowest BCUT2D eigenvalue weighted by molar-refractivity contribution is -0.117. The fourth-order valence-electron chi connectivity index (χ4n) is 2.71. The summed E-state index contributed by atoms with van der Waals surface area (Å²) in [5.41, 5.74) is -0.201. The Bertz CT molecular complexity index is 239. The molecule has 0 bridgehead atoms. The van der Waals surface area contributed by atoms with Gasteiger partial charge >= 0.3 is 0 Å². The van der Waals surface area contributed by atoms with Crippen molar-refractivity contribution < 1.29 is 14.6 Å². The van der Waals surface area contributed by atoms with Gasteiger partial charge in [-0.05, 0) is 19.3 Å². The van der Waals surface area contributed by atoms with E-state index in [9.17, 15) is 4.79 Å². The number of ether oxygens (including phenoxy) is 1. The zero-order valence-electron chi connectivity index (χ0n) is 11.7. The smallest absolute Gasteiger partial charge is 0.127 e. The van der Waals surface area contributed by atoms with Gasteiger partial charge in [-0.1, -0.05) is 20.3 Å². The quantitative estimate of drug-likeness (QED) is 0.669. The van der Waals surface area contributed by atoms with E-state index in [1.165, 1.54) is 0 Å². The topological polar surface area (TPSA) is 49.8 Å². The van der Waals surface area contributed by atoms with Crippen molar-refractivity contribution in [2.75, 3.05) is 32.8 Å². The van der Waals surface area contributed by atoms with Gasteiger partial charge in [0, 0.05) is 25.0 Å². The van der Waals surface area contributed by atoms with E-state index in [2.05, 4.69) is 18.7 Å². The summed E-state index contributed by atoms with van der Waals surface area (Å²) in [7, 11) is 0. The van der Waals surface area contributed by atoms with Crippen molar-refractivity contribution in [3.05, 3.63) is 0 Å². The minimum absolute atomic E-state index is 0.0972. The van der Waals surface area contributed by atoms with Crippen LogP contribution < -0.4 is 0 Å². The zero-order valence-corrected chi connectivity index (χ0v) is 11.7. The second-order valence-electron chi connectivity index (χ2n) is 5.59. The van der Waals surface area contributed by atoms with E-state index in [0.29, 0.717) is 6.61 Å². The number of aliphatic hydroxyl groups excluding tert-OH is 1. The number of carbonyl (C=O) groups excluding carboxylic acids is 1. The fraction of sp³-hybridized carbons (Fsp3) is 0.929. The van der Waals surface area contributed by atoms with Gasteiger partial charge in [-0.2, -0.15) is 0 Å². The van der Waals surface area contributed by atoms with Gasteiger partial charge in [0.1, 0.15) is 6.29 Å². The maximum Gasteiger partial charge on any atom is 0.127 e. The predicted octanol–water partition coefficient (Wildman–Crippen LogP) is 1.46. The molecule has 1 rings (SSSR count). The number of rotatable bonds is 8. The second kappa shape index (κ2) is 7.87. The van der Waals surface area contributed by atoms with Crippen molar-refractivity contribution in [2.45, 2.75) is 45.6 Å². The Balaban J connectivity index is 2.32. The number of hydrogen-bond acceptors (Lipinski definition) is 4. The molecule has 18 heavy (non-hydrogen) atoms. The molecule has 1 fully saturated rings. The summed E-state index contributed by atoms with van der Waals surface area (Å²) in [4.78, 5) is 13.6. The fourth-order valence-corrected chi connectivity index (χ4v) is 2.71. The molecule has 1 atom stereocenters. The molecule has 1 N–H and O–H groups in total. The van der Waals surface area contributed by atoms with E-state index in [0.717, 1.165) is 51.6 Å². The maximum absolute atomic E-state index is 11.2. The molecule has 1 unspecified atom stereocenters. The van der Waals surface area contributed by atoms with Gasteiger partial charge in [0.15, 0.2) is 0 Å². The largest absolute Gasteiger partial charge is 0.394 e. The van der Waals surface area contributed by atoms with Gasteiger partial charge in [-0.15, -0.1) is 0 Å². The van der Waals surface area contributed by atoms with Crippen LogP contribution in [0.5, 0.6) is 0 Å². The van der Waals surface area contributed by atoms with Crippen LogP contribution in [-0.4, -0.2) is 55.2 Å². The predicted molar refractivity (Wildman–Crippen MR) is 71.6 cm³/mol. The number of aldehydes is 1. The third-order valence-corrected chi connectivity index (χ3v) is 3.67. The van der Waals surface area contributed by atoms with Crippen LogP contribution in [0.1, 0.15) is 39.5 Å². The number of piperidine rings is 1. The first kappa shape index (κ1) is 15.6. The second-order valence-corrected chi connectivity index (χ2v) is 5.59. The van der Waals surface area contributed by atoms with Crippen LogP contribution >= 0.6 is 0 Å². The molecule has 0 aromatic carbocycles. The number of carbonyl (C=O) groups is 1. The molecule has 1 aliphatic heterocycles. The molecule has 1 heterocycles. The third-order valence-electron chi connectivity index (χ3n) is 3.67. The van der Waals surface area contributed by atoms with Crippen LogP contribution in [0.2, 0.25) is 0 Å². The third kappa shape index (κ3) is 5.04. The highest BCUT2D eigenvalue weighted by Crippen LogP contribution is 2.24. The molecule has 0 amide bonds. The van der Waals surface area contributed by atoms with Gasteiger partial charge < -0.3 is 19.5 Å². The van der Waals surface area contributed by atoms with Gasteiger partial charge in [-0.25, -0.2) is 0 Å². The molecular weight excluding hydrogens is 230 g/mol. The van der Waals surface area contributed by atoms with Crippen molar-refractivity contribution in [1.82, 2.24) is 4.90 Å². The Kier molecular flexibility index (Phi) is 6.82. The summed E-state index contributed by atoms with van der Waals surface area (Å²) in [5, 5.41) is 8.72. The van der Waals surface area contributed by atoms with Crippen molar-refractivity contribution >= 4 is 6.29 Å². The average molecular weight is 257 g/mol. The molecule has 0 radical (unpaired) electrons. The number of nitrogens with zero attached hydrogens (tertiary/aromatic N) is 1. The van der Waals surface area contributed by atoms with Crippen molar-refractivity contribution in [1.29, 1.82) is 0 Å². The molecule has 4 heteroatoms. The summed E-state index contributed by atoms with van der Waals surface area (Å²) >= 11 is 0. The number of aliphatic hydroxyl groups is 1. The van der Waals surface area contributed by atoms with Gasteiger partial charge in [0.25, 0.3) is 0 Å². The monoisotopic (exact) mass is 257 g/mol. The Labute approximate surface area is 110 Å². The van der Waals surface area contributed by atoms with Gasteiger partial charge in [-0.3, -0.25) is 0 Å². The Morgan fingerprint density at radius 2 is 2.11 bits per heavy atom. The molecule has 0 spiro atoms. The van der Waals surface area contributed by atoms with Crippen molar-refractivity contribution in [2.24, 2.45) is 5.41 Å². The van der Waals surface area contributed by atoms with E-state index in [1.54, 1.807) is 0 Å². The highest BCUT2D eigenvalue weighted by atomic mass is 16.5. The van der Waals surface area contributed by atoms with E-state index in [-0.39, 0.29) is 18.1 Å². The molecule has 106 valence electrons. The first-order valence-electron chi connectivity index (χ1n) is 7.04. The van der Waals surface area contributed by atoms with E-state index in [1.807, 2.05) is 0 Å². The van der Waals surface area contributed by atoms with E-state index < -0.39 is 0 Å². The maximum atomic E-state index is 11.2. The molecule has 0 aromatic rings. The van der Waals surface area contributed by atoms with Crippen LogP contribution in [0.4, 0.5) is 0 Å². The van der Waals surface area contributed by atoms with Gasteiger partial charge in [0.05, 0.1) is 19.3 Å². The molecule has 1 aliphatic rings. The summed E-state index contributed by atoms with van der Waals surface area (Å²) in [6.45, 7) is 7.55. The van der Waals surface area contributed by atoms with E-state index in [4.69, 9.17) is 9.84 Å². The van der Waals surface area contributed by atoms with Crippen LogP contribution in [-0.2, 0) is 9.53 Å². The van der Waals surface area contributed by atoms with Crippen LogP contribution in [0, 0.1) is 5.41 Å². The number of hydrogen-bond donors (Lipinski definition) is 1. The Morgan fingerprint density at radius 1 is 1.44 bits per heavy atom. The normalized spacial score (nSPS) is 21.7. The standard InChI is InChI=1S/C14H27NO3/c1-3-6-14(2,12-17)11-15-7-4-13(5-8-15)18-10-9-16/h12-13,16H,3-11H2,1-2H3. The lowest BCUT2D eigenvalue weighted by atomic mass is 9.86. The summed E-state index contributed by atoms with van der Waals surface area (Å²) in [6, 6.07) is 0. The molecule has 1 saturated heterocycles. The zero-order chi connectivity index (χ0) is 13.4.